The van der Waals surface area contributed by atoms with E-state index in [9.17, 15) is 4.79 Å². The first-order valence-corrected chi connectivity index (χ1v) is 11.7. The van der Waals surface area contributed by atoms with Gasteiger partial charge in [-0.25, -0.2) is 0 Å². The summed E-state index contributed by atoms with van der Waals surface area (Å²) < 4.78 is 0. The summed E-state index contributed by atoms with van der Waals surface area (Å²) in [5.41, 5.74) is 0. The summed E-state index contributed by atoms with van der Waals surface area (Å²) in [4.78, 5) is 14.1. The molecular formula is C24H45NO. The summed E-state index contributed by atoms with van der Waals surface area (Å²) >= 11 is 0. The Bertz CT molecular complexity index is 365. The van der Waals surface area contributed by atoms with Crippen LogP contribution in [0.5, 0.6) is 0 Å². The fraction of sp³-hybridized carbons (Fsp3) is 0.875. The van der Waals surface area contributed by atoms with Gasteiger partial charge in [0.15, 0.2) is 0 Å². The van der Waals surface area contributed by atoms with Gasteiger partial charge < -0.3 is 4.90 Å². The quantitative estimate of drug-likeness (QED) is 0.245. The van der Waals surface area contributed by atoms with E-state index in [0.29, 0.717) is 11.8 Å². The zero-order valence-corrected chi connectivity index (χ0v) is 17.8. The minimum Gasteiger partial charge on any atom is -0.319 e. The van der Waals surface area contributed by atoms with E-state index in [0.717, 1.165) is 19.4 Å². The number of nitrogens with zero attached hydrogens (tertiary/aromatic N) is 1. The molecular weight excluding hydrogens is 318 g/mol. The van der Waals surface area contributed by atoms with Crippen molar-refractivity contribution in [3.63, 3.8) is 0 Å². The van der Waals surface area contributed by atoms with Crippen LogP contribution in [-0.4, -0.2) is 17.4 Å². The van der Waals surface area contributed by atoms with Gasteiger partial charge in [-0.1, -0.05) is 110 Å². The summed E-state index contributed by atoms with van der Waals surface area (Å²) in [7, 11) is 0. The molecule has 1 aliphatic heterocycles. The van der Waals surface area contributed by atoms with Crippen molar-refractivity contribution in [1.82, 2.24) is 4.90 Å². The van der Waals surface area contributed by atoms with E-state index in [4.69, 9.17) is 0 Å². The predicted molar refractivity (Wildman–Crippen MR) is 114 cm³/mol. The Hall–Kier alpha value is -0.790. The van der Waals surface area contributed by atoms with Gasteiger partial charge in [0.25, 0.3) is 0 Å². The highest BCUT2D eigenvalue weighted by Crippen LogP contribution is 2.31. The second-order valence-electron chi connectivity index (χ2n) is 8.31. The van der Waals surface area contributed by atoms with Crippen molar-refractivity contribution < 1.29 is 4.79 Å². The maximum absolute atomic E-state index is 12.3. The lowest BCUT2D eigenvalue weighted by Gasteiger charge is -2.21. The highest BCUT2D eigenvalue weighted by Gasteiger charge is 2.34. The van der Waals surface area contributed by atoms with Crippen LogP contribution < -0.4 is 0 Å². The molecule has 1 rings (SSSR count). The fourth-order valence-electron chi connectivity index (χ4n) is 4.46. The average molecular weight is 364 g/mol. The first kappa shape index (κ1) is 23.2. The molecule has 0 aromatic carbocycles. The van der Waals surface area contributed by atoms with Gasteiger partial charge in [0, 0.05) is 12.5 Å². The molecule has 0 spiro atoms. The normalized spacial score (nSPS) is 18.5. The van der Waals surface area contributed by atoms with Crippen molar-refractivity contribution in [3.8, 4) is 0 Å². The van der Waals surface area contributed by atoms with Crippen LogP contribution in [0.4, 0.5) is 0 Å². The largest absolute Gasteiger partial charge is 0.319 e. The first-order valence-electron chi connectivity index (χ1n) is 11.7. The van der Waals surface area contributed by atoms with Gasteiger partial charge in [-0.3, -0.25) is 4.79 Å². The highest BCUT2D eigenvalue weighted by molar-refractivity contribution is 5.82. The standard InChI is InChI=1S/C24H45NO/c1-4-7-8-9-10-11-12-13-14-15-16-17-18-19-22(5-2)23-20-21-25(6-3)24(23)26/h6,22-23H,3-5,7-21H2,1-2H3. The lowest BCUT2D eigenvalue weighted by atomic mass is 9.84. The fourth-order valence-corrected chi connectivity index (χ4v) is 4.46. The summed E-state index contributed by atoms with van der Waals surface area (Å²) in [6.45, 7) is 9.17. The van der Waals surface area contributed by atoms with E-state index < -0.39 is 0 Å². The number of amides is 1. The van der Waals surface area contributed by atoms with Crippen LogP contribution in [0.1, 0.15) is 117 Å². The molecule has 0 saturated carbocycles. The molecule has 1 amide bonds. The second kappa shape index (κ2) is 15.3. The highest BCUT2D eigenvalue weighted by atomic mass is 16.2. The molecule has 1 fully saturated rings. The molecule has 1 heterocycles. The predicted octanol–water partition coefficient (Wildman–Crippen LogP) is 7.49. The van der Waals surface area contributed by atoms with Gasteiger partial charge in [0.2, 0.25) is 5.91 Å². The Morgan fingerprint density at radius 3 is 1.85 bits per heavy atom. The molecule has 152 valence electrons. The SMILES string of the molecule is C=CN1CCC(C(CC)CCCCCCCCCCCCCCC)C1=O. The maximum atomic E-state index is 12.3. The van der Waals surface area contributed by atoms with E-state index in [2.05, 4.69) is 20.4 Å². The van der Waals surface area contributed by atoms with Crippen molar-refractivity contribution in [3.05, 3.63) is 12.8 Å². The number of hydrogen-bond donors (Lipinski definition) is 0. The Morgan fingerprint density at radius 1 is 0.923 bits per heavy atom. The Kier molecular flexibility index (Phi) is 13.7. The van der Waals surface area contributed by atoms with E-state index in [1.807, 2.05) is 4.90 Å². The molecule has 2 nitrogen and oxygen atoms in total. The minimum atomic E-state index is 0.260. The minimum absolute atomic E-state index is 0.260. The number of unbranched alkanes of at least 4 members (excludes halogenated alkanes) is 12. The molecule has 2 atom stereocenters. The molecule has 0 N–H and O–H groups in total. The lowest BCUT2D eigenvalue weighted by molar-refractivity contribution is -0.130. The van der Waals surface area contributed by atoms with Crippen molar-refractivity contribution >= 4 is 5.91 Å². The number of likely N-dealkylation sites (tertiary alicyclic amines) is 1. The van der Waals surface area contributed by atoms with Crippen LogP contribution in [0.2, 0.25) is 0 Å². The molecule has 2 heteroatoms. The van der Waals surface area contributed by atoms with Gasteiger partial charge in [-0.2, -0.15) is 0 Å². The Balaban J connectivity index is 1.95. The Morgan fingerprint density at radius 2 is 1.42 bits per heavy atom. The van der Waals surface area contributed by atoms with Crippen molar-refractivity contribution in [2.24, 2.45) is 11.8 Å². The van der Waals surface area contributed by atoms with Crippen LogP contribution in [0.3, 0.4) is 0 Å². The van der Waals surface area contributed by atoms with Crippen LogP contribution in [-0.2, 0) is 4.79 Å². The van der Waals surface area contributed by atoms with Gasteiger partial charge in [0.1, 0.15) is 0 Å². The van der Waals surface area contributed by atoms with Crippen LogP contribution in [0, 0.1) is 11.8 Å². The van der Waals surface area contributed by atoms with Crippen molar-refractivity contribution in [2.75, 3.05) is 6.54 Å². The molecule has 0 aromatic rings. The molecule has 26 heavy (non-hydrogen) atoms. The maximum Gasteiger partial charge on any atom is 0.229 e. The zero-order valence-electron chi connectivity index (χ0n) is 17.8. The third-order valence-corrected chi connectivity index (χ3v) is 6.27. The van der Waals surface area contributed by atoms with E-state index in [1.54, 1.807) is 6.20 Å². The van der Waals surface area contributed by atoms with Crippen LogP contribution in [0.25, 0.3) is 0 Å². The third-order valence-electron chi connectivity index (χ3n) is 6.27. The van der Waals surface area contributed by atoms with Gasteiger partial charge in [-0.05, 0) is 25.0 Å². The molecule has 2 unspecified atom stereocenters. The zero-order chi connectivity index (χ0) is 19.0. The molecule has 0 aliphatic carbocycles. The topological polar surface area (TPSA) is 20.3 Å². The van der Waals surface area contributed by atoms with E-state index >= 15 is 0 Å². The van der Waals surface area contributed by atoms with Gasteiger partial charge >= 0.3 is 0 Å². The van der Waals surface area contributed by atoms with Crippen LogP contribution >= 0.6 is 0 Å². The van der Waals surface area contributed by atoms with Crippen molar-refractivity contribution in [2.45, 2.75) is 117 Å². The average Bonchev–Trinajstić information content (AvgIpc) is 3.02. The van der Waals surface area contributed by atoms with Gasteiger partial charge in [0.05, 0.1) is 0 Å². The smallest absolute Gasteiger partial charge is 0.229 e. The summed E-state index contributed by atoms with van der Waals surface area (Å²) in [6, 6.07) is 0. The van der Waals surface area contributed by atoms with Gasteiger partial charge in [-0.15, -0.1) is 0 Å². The summed E-state index contributed by atoms with van der Waals surface area (Å²) in [6.07, 6.45) is 23.4. The molecule has 1 saturated heterocycles. The summed E-state index contributed by atoms with van der Waals surface area (Å²) in [5, 5.41) is 0. The number of carbonyl (C=O) groups excluding carboxylic acids is 1. The van der Waals surface area contributed by atoms with Crippen molar-refractivity contribution in [1.29, 1.82) is 0 Å². The number of rotatable bonds is 17. The number of hydrogen-bond acceptors (Lipinski definition) is 1. The first-order chi connectivity index (χ1) is 12.7. The third kappa shape index (κ3) is 9.24. The van der Waals surface area contributed by atoms with E-state index in [1.165, 1.54) is 89.9 Å². The van der Waals surface area contributed by atoms with Crippen LogP contribution in [0.15, 0.2) is 12.8 Å². The number of carbonyl (C=O) groups is 1. The molecule has 0 bridgehead atoms. The summed E-state index contributed by atoms with van der Waals surface area (Å²) in [5.74, 6) is 1.16. The second-order valence-corrected chi connectivity index (χ2v) is 8.31. The molecule has 1 aliphatic rings. The molecule has 0 aromatic heterocycles. The Labute approximate surface area is 163 Å². The lowest BCUT2D eigenvalue weighted by Crippen LogP contribution is -2.26. The monoisotopic (exact) mass is 363 g/mol. The molecule has 0 radical (unpaired) electrons. The van der Waals surface area contributed by atoms with E-state index in [-0.39, 0.29) is 5.92 Å².